The lowest BCUT2D eigenvalue weighted by atomic mass is 10.0. The molecule has 230 valence electrons. The fourth-order valence-electron chi connectivity index (χ4n) is 7.61. The van der Waals surface area contributed by atoms with Crippen molar-refractivity contribution in [3.05, 3.63) is 182 Å². The van der Waals surface area contributed by atoms with Crippen molar-refractivity contribution in [2.45, 2.75) is 0 Å². The van der Waals surface area contributed by atoms with Crippen molar-refractivity contribution in [2.75, 3.05) is 4.90 Å². The fraction of sp³-hybridized carbons (Fsp3) is 0. The number of benzene rings is 8. The lowest BCUT2D eigenvalue weighted by Gasteiger charge is -2.28. The van der Waals surface area contributed by atoms with Gasteiger partial charge in [-0.2, -0.15) is 0 Å². The van der Waals surface area contributed by atoms with Gasteiger partial charge in [-0.3, -0.25) is 0 Å². The van der Waals surface area contributed by atoms with E-state index in [-0.39, 0.29) is 0 Å². The van der Waals surface area contributed by atoms with Crippen LogP contribution >= 0.6 is 11.3 Å². The van der Waals surface area contributed by atoms with Gasteiger partial charge >= 0.3 is 0 Å². The molecule has 8 aromatic carbocycles. The second-order valence-electron chi connectivity index (χ2n) is 12.5. The van der Waals surface area contributed by atoms with Crippen LogP contribution in [0.4, 0.5) is 17.1 Å². The summed E-state index contributed by atoms with van der Waals surface area (Å²) in [4.78, 5) is 2.50. The number of nitrogens with zero attached hydrogens (tertiary/aromatic N) is 2. The molecular formula is C46H30N2S. The van der Waals surface area contributed by atoms with Crippen molar-refractivity contribution in [3.8, 4) is 16.8 Å². The number of rotatable bonds is 5. The summed E-state index contributed by atoms with van der Waals surface area (Å²) in [6.07, 6.45) is 0. The molecule has 0 amide bonds. The Kier molecular flexibility index (Phi) is 6.39. The minimum atomic E-state index is 1.12. The quantitative estimate of drug-likeness (QED) is 0.181. The molecule has 0 saturated carbocycles. The van der Waals surface area contributed by atoms with E-state index in [4.69, 9.17) is 0 Å². The minimum Gasteiger partial charge on any atom is -0.308 e. The highest BCUT2D eigenvalue weighted by Crippen LogP contribution is 2.49. The second-order valence-corrected chi connectivity index (χ2v) is 13.6. The zero-order chi connectivity index (χ0) is 32.3. The molecule has 0 fully saturated rings. The van der Waals surface area contributed by atoms with E-state index in [2.05, 4.69) is 191 Å². The molecule has 0 spiro atoms. The summed E-state index contributed by atoms with van der Waals surface area (Å²) in [5.74, 6) is 0. The Morgan fingerprint density at radius 2 is 1.12 bits per heavy atom. The molecule has 0 bridgehead atoms. The molecule has 0 saturated heterocycles. The first kappa shape index (κ1) is 27.9. The van der Waals surface area contributed by atoms with Gasteiger partial charge in [-0.25, -0.2) is 0 Å². The summed E-state index contributed by atoms with van der Waals surface area (Å²) in [6.45, 7) is 0. The molecule has 0 N–H and O–H groups in total. The number of hydrogen-bond acceptors (Lipinski definition) is 2. The van der Waals surface area contributed by atoms with Gasteiger partial charge in [0.1, 0.15) is 0 Å². The third-order valence-corrected chi connectivity index (χ3v) is 11.0. The van der Waals surface area contributed by atoms with Crippen LogP contribution in [0, 0.1) is 0 Å². The smallest absolute Gasteiger partial charge is 0.0782 e. The SMILES string of the molecule is c1ccc(-c2cccc(N(c3cccc4sc5c6ccccc6ccc5c34)c3cccc4c5ccccc5n(-c5ccccc5)c34)c2)cc1. The maximum Gasteiger partial charge on any atom is 0.0782 e. The van der Waals surface area contributed by atoms with Gasteiger partial charge < -0.3 is 9.47 Å². The highest BCUT2D eigenvalue weighted by molar-refractivity contribution is 7.26. The van der Waals surface area contributed by atoms with Crippen LogP contribution in [0.15, 0.2) is 182 Å². The zero-order valence-electron chi connectivity index (χ0n) is 26.6. The van der Waals surface area contributed by atoms with Crippen LogP contribution in [0.3, 0.4) is 0 Å². The Balaban J connectivity index is 1.34. The Hall–Kier alpha value is -6.16. The number of anilines is 3. The Bertz CT molecular complexity index is 2830. The van der Waals surface area contributed by atoms with Crippen molar-refractivity contribution < 1.29 is 0 Å². The standard InChI is InChI=1S/C46H30N2S/c1-3-14-31(15-4-1)33-17-11-20-35(30-33)47(41-25-13-27-43-44(41)39-29-28-32-16-7-8-21-36(32)46(39)49-43)42-26-12-23-38-37-22-9-10-24-40(37)48(45(38)42)34-18-5-2-6-19-34/h1-30H. The van der Waals surface area contributed by atoms with Crippen LogP contribution in [-0.2, 0) is 0 Å². The number of thiophene rings is 1. The van der Waals surface area contributed by atoms with Crippen molar-refractivity contribution in [2.24, 2.45) is 0 Å². The molecule has 0 radical (unpaired) electrons. The Labute approximate surface area is 288 Å². The van der Waals surface area contributed by atoms with Crippen LogP contribution in [0.1, 0.15) is 0 Å². The number of para-hydroxylation sites is 3. The van der Waals surface area contributed by atoms with Gasteiger partial charge in [-0.15, -0.1) is 11.3 Å². The Morgan fingerprint density at radius 1 is 0.449 bits per heavy atom. The number of hydrogen-bond donors (Lipinski definition) is 0. The highest BCUT2D eigenvalue weighted by atomic mass is 32.1. The van der Waals surface area contributed by atoms with Crippen LogP contribution in [-0.4, -0.2) is 4.57 Å². The van der Waals surface area contributed by atoms with Crippen molar-refractivity contribution >= 4 is 81.1 Å². The van der Waals surface area contributed by atoms with E-state index >= 15 is 0 Å². The first-order chi connectivity index (χ1) is 24.3. The average molecular weight is 643 g/mol. The summed E-state index contributed by atoms with van der Waals surface area (Å²) >= 11 is 1.89. The van der Waals surface area contributed by atoms with Gasteiger partial charge in [0.05, 0.1) is 22.4 Å². The predicted octanol–water partition coefficient (Wildman–Crippen LogP) is 13.4. The van der Waals surface area contributed by atoms with Gasteiger partial charge in [0.2, 0.25) is 0 Å². The van der Waals surface area contributed by atoms with Gasteiger partial charge in [0, 0.05) is 42.3 Å². The van der Waals surface area contributed by atoms with Crippen molar-refractivity contribution in [3.63, 3.8) is 0 Å². The van der Waals surface area contributed by atoms with E-state index in [1.807, 2.05) is 11.3 Å². The summed E-state index contributed by atoms with van der Waals surface area (Å²) in [5, 5.41) is 7.61. The van der Waals surface area contributed by atoms with Crippen LogP contribution in [0.25, 0.3) is 69.6 Å². The third-order valence-electron chi connectivity index (χ3n) is 9.75. The molecular weight excluding hydrogens is 613 g/mol. The molecule has 2 nitrogen and oxygen atoms in total. The van der Waals surface area contributed by atoms with Gasteiger partial charge in [0.25, 0.3) is 0 Å². The van der Waals surface area contributed by atoms with E-state index < -0.39 is 0 Å². The van der Waals surface area contributed by atoms with Crippen LogP contribution in [0.5, 0.6) is 0 Å². The molecule has 49 heavy (non-hydrogen) atoms. The van der Waals surface area contributed by atoms with E-state index in [0.717, 1.165) is 17.1 Å². The van der Waals surface area contributed by atoms with E-state index in [0.29, 0.717) is 0 Å². The van der Waals surface area contributed by atoms with E-state index in [9.17, 15) is 0 Å². The summed E-state index contributed by atoms with van der Waals surface area (Å²) < 4.78 is 5.05. The molecule has 0 aliphatic rings. The molecule has 2 heterocycles. The molecule has 10 rings (SSSR count). The van der Waals surface area contributed by atoms with Crippen LogP contribution in [0.2, 0.25) is 0 Å². The summed E-state index contributed by atoms with van der Waals surface area (Å²) in [7, 11) is 0. The van der Waals surface area contributed by atoms with E-state index in [1.165, 1.54) is 69.6 Å². The van der Waals surface area contributed by atoms with Crippen molar-refractivity contribution in [1.29, 1.82) is 0 Å². The van der Waals surface area contributed by atoms with Gasteiger partial charge in [0.15, 0.2) is 0 Å². The average Bonchev–Trinajstić information content (AvgIpc) is 3.73. The number of fused-ring (bicyclic) bond motifs is 8. The second kappa shape index (κ2) is 11.2. The third kappa shape index (κ3) is 4.40. The molecule has 10 aromatic rings. The highest BCUT2D eigenvalue weighted by Gasteiger charge is 2.24. The molecule has 0 atom stereocenters. The first-order valence-electron chi connectivity index (χ1n) is 16.7. The minimum absolute atomic E-state index is 1.12. The van der Waals surface area contributed by atoms with E-state index in [1.54, 1.807) is 0 Å². The van der Waals surface area contributed by atoms with Gasteiger partial charge in [-0.05, 0) is 70.4 Å². The molecule has 0 aliphatic carbocycles. The summed E-state index contributed by atoms with van der Waals surface area (Å²) in [6, 6.07) is 66.1. The van der Waals surface area contributed by atoms with Crippen LogP contribution < -0.4 is 4.90 Å². The first-order valence-corrected chi connectivity index (χ1v) is 17.5. The molecule has 0 unspecified atom stereocenters. The predicted molar refractivity (Wildman–Crippen MR) is 211 cm³/mol. The summed E-state index contributed by atoms with van der Waals surface area (Å²) in [5.41, 5.74) is 9.33. The number of aromatic nitrogens is 1. The zero-order valence-corrected chi connectivity index (χ0v) is 27.4. The topological polar surface area (TPSA) is 8.17 Å². The maximum absolute atomic E-state index is 2.50. The molecule has 0 aliphatic heterocycles. The van der Waals surface area contributed by atoms with Gasteiger partial charge in [-0.1, -0.05) is 133 Å². The Morgan fingerprint density at radius 3 is 2.00 bits per heavy atom. The monoisotopic (exact) mass is 642 g/mol. The lowest BCUT2D eigenvalue weighted by molar-refractivity contribution is 1.17. The molecule has 3 heteroatoms. The lowest BCUT2D eigenvalue weighted by Crippen LogP contribution is -2.12. The largest absolute Gasteiger partial charge is 0.308 e. The maximum atomic E-state index is 2.50. The normalized spacial score (nSPS) is 11.7. The molecule has 2 aromatic heterocycles. The van der Waals surface area contributed by atoms with Crippen molar-refractivity contribution in [1.82, 2.24) is 4.57 Å². The fourth-order valence-corrected chi connectivity index (χ4v) is 8.87.